The molecule has 0 aromatic rings. The summed E-state index contributed by atoms with van der Waals surface area (Å²) in [4.78, 5) is 10.9. The predicted octanol–water partition coefficient (Wildman–Crippen LogP) is 5.64. The Labute approximate surface area is 136 Å². The number of carbonyl (C=O) groups excluding carboxylic acids is 1. The van der Waals surface area contributed by atoms with Crippen molar-refractivity contribution in [2.75, 3.05) is 7.11 Å². The van der Waals surface area contributed by atoms with Crippen LogP contribution < -0.4 is 0 Å². The fraction of sp³-hybridized carbons (Fsp3) is 0.941. The van der Waals surface area contributed by atoms with E-state index in [4.69, 9.17) is 0 Å². The van der Waals surface area contributed by atoms with Crippen molar-refractivity contribution in [3.8, 4) is 0 Å². The van der Waals surface area contributed by atoms with Crippen LogP contribution in [0.3, 0.4) is 0 Å². The van der Waals surface area contributed by atoms with E-state index >= 15 is 0 Å². The fourth-order valence-electron chi connectivity index (χ4n) is 2.39. The molecule has 0 aromatic heterocycles. The van der Waals surface area contributed by atoms with Crippen molar-refractivity contribution < 1.29 is 26.6 Å². The van der Waals surface area contributed by atoms with Crippen LogP contribution in [0, 0.1) is 0 Å². The van der Waals surface area contributed by atoms with Gasteiger partial charge in [0.15, 0.2) is 0 Å². The van der Waals surface area contributed by atoms with E-state index in [0.717, 1.165) is 6.42 Å². The van der Waals surface area contributed by atoms with Crippen LogP contribution in [-0.4, -0.2) is 13.1 Å². The molecule has 0 aliphatic rings. The largest absolute Gasteiger partial charge is 0.469 e. The van der Waals surface area contributed by atoms with E-state index < -0.39 is 0 Å². The van der Waals surface area contributed by atoms with Crippen molar-refractivity contribution in [2.24, 2.45) is 0 Å². The van der Waals surface area contributed by atoms with Crippen molar-refractivity contribution in [3.63, 3.8) is 0 Å². The first kappa shape index (κ1) is 22.3. The van der Waals surface area contributed by atoms with Gasteiger partial charge in [0.25, 0.3) is 0 Å². The predicted molar refractivity (Wildman–Crippen MR) is 82.3 cm³/mol. The standard InChI is InChI=1S/C17H34O2.Cu/c1-3-4-5-6-7-8-9-10-11-12-13-14-15-16-17(18)19-2;/h3-16H2,1-2H3;. The van der Waals surface area contributed by atoms with E-state index in [9.17, 15) is 4.79 Å². The second-order valence-corrected chi connectivity index (χ2v) is 5.57. The van der Waals surface area contributed by atoms with E-state index in [-0.39, 0.29) is 23.0 Å². The summed E-state index contributed by atoms with van der Waals surface area (Å²) in [5, 5.41) is 0. The maximum Gasteiger partial charge on any atom is 0.305 e. The second-order valence-electron chi connectivity index (χ2n) is 5.57. The third kappa shape index (κ3) is 18.0. The Morgan fingerprint density at radius 3 is 1.40 bits per heavy atom. The van der Waals surface area contributed by atoms with Crippen LogP contribution in [0.25, 0.3) is 0 Å². The van der Waals surface area contributed by atoms with Gasteiger partial charge in [-0.15, -0.1) is 0 Å². The maximum atomic E-state index is 10.9. The smallest absolute Gasteiger partial charge is 0.305 e. The molecule has 3 heteroatoms. The molecule has 20 heavy (non-hydrogen) atoms. The third-order valence-corrected chi connectivity index (χ3v) is 3.71. The molecule has 0 fully saturated rings. The SMILES string of the molecule is CCCCCCCCCCCCCCCC(=O)OC.[Cu]. The molecule has 0 saturated heterocycles. The van der Waals surface area contributed by atoms with Gasteiger partial charge < -0.3 is 4.74 Å². The molecule has 0 heterocycles. The topological polar surface area (TPSA) is 26.3 Å². The monoisotopic (exact) mass is 333 g/mol. The molecular weight excluding hydrogens is 300 g/mol. The Kier molecular flexibility index (Phi) is 21.1. The van der Waals surface area contributed by atoms with Crippen molar-refractivity contribution in [1.29, 1.82) is 0 Å². The van der Waals surface area contributed by atoms with Gasteiger partial charge in [-0.25, -0.2) is 0 Å². The van der Waals surface area contributed by atoms with Crippen LogP contribution in [0.15, 0.2) is 0 Å². The van der Waals surface area contributed by atoms with Gasteiger partial charge in [-0.2, -0.15) is 0 Å². The molecular formula is C17H34CuO2. The summed E-state index contributed by atoms with van der Waals surface area (Å²) in [6.07, 6.45) is 18.0. The van der Waals surface area contributed by atoms with E-state index in [2.05, 4.69) is 11.7 Å². The Balaban J connectivity index is 0. The second kappa shape index (κ2) is 19.0. The molecule has 1 radical (unpaired) electrons. The van der Waals surface area contributed by atoms with E-state index in [1.54, 1.807) is 0 Å². The summed E-state index contributed by atoms with van der Waals surface area (Å²) in [6, 6.07) is 0. The van der Waals surface area contributed by atoms with Crippen LogP contribution in [-0.2, 0) is 26.6 Å². The maximum absolute atomic E-state index is 10.9. The average molecular weight is 334 g/mol. The number of esters is 1. The first-order valence-corrected chi connectivity index (χ1v) is 8.38. The van der Waals surface area contributed by atoms with Crippen LogP contribution in [0.5, 0.6) is 0 Å². The number of hydrogen-bond donors (Lipinski definition) is 0. The van der Waals surface area contributed by atoms with Crippen molar-refractivity contribution in [1.82, 2.24) is 0 Å². The van der Waals surface area contributed by atoms with Gasteiger partial charge in [0, 0.05) is 23.5 Å². The van der Waals surface area contributed by atoms with Crippen LogP contribution >= 0.6 is 0 Å². The van der Waals surface area contributed by atoms with Crippen LogP contribution in [0.1, 0.15) is 96.8 Å². The molecule has 2 nitrogen and oxygen atoms in total. The first-order valence-electron chi connectivity index (χ1n) is 8.38. The van der Waals surface area contributed by atoms with Crippen LogP contribution in [0.2, 0.25) is 0 Å². The minimum absolute atomic E-state index is 0. The average Bonchev–Trinajstić information content (AvgIpc) is 2.43. The summed E-state index contributed by atoms with van der Waals surface area (Å²) in [5.74, 6) is -0.0666. The molecule has 0 amide bonds. The van der Waals surface area contributed by atoms with Gasteiger partial charge in [-0.3, -0.25) is 4.79 Å². The van der Waals surface area contributed by atoms with E-state index in [0.29, 0.717) is 6.42 Å². The molecule has 0 aromatic carbocycles. The van der Waals surface area contributed by atoms with Gasteiger partial charge in [0.2, 0.25) is 0 Å². The molecule has 0 spiro atoms. The zero-order valence-electron chi connectivity index (χ0n) is 13.5. The number of carbonyl (C=O) groups is 1. The Hall–Kier alpha value is -0.0105. The number of hydrogen-bond acceptors (Lipinski definition) is 2. The van der Waals surface area contributed by atoms with Gasteiger partial charge in [0.1, 0.15) is 0 Å². The molecule has 0 atom stereocenters. The number of ether oxygens (including phenoxy) is 1. The van der Waals surface area contributed by atoms with E-state index in [1.165, 1.54) is 84.2 Å². The van der Waals surface area contributed by atoms with Crippen LogP contribution in [0.4, 0.5) is 0 Å². The quantitative estimate of drug-likeness (QED) is 0.233. The molecule has 125 valence electrons. The Morgan fingerprint density at radius 1 is 0.700 bits per heavy atom. The molecule has 0 unspecified atom stereocenters. The summed E-state index contributed by atoms with van der Waals surface area (Å²) in [7, 11) is 1.46. The molecule has 0 bridgehead atoms. The normalized spacial score (nSPS) is 10.1. The van der Waals surface area contributed by atoms with Gasteiger partial charge >= 0.3 is 5.97 Å². The molecule has 0 aliphatic carbocycles. The van der Waals surface area contributed by atoms with E-state index in [1.807, 2.05) is 0 Å². The minimum atomic E-state index is -0.0666. The minimum Gasteiger partial charge on any atom is -0.469 e. The van der Waals surface area contributed by atoms with Gasteiger partial charge in [0.05, 0.1) is 7.11 Å². The van der Waals surface area contributed by atoms with Gasteiger partial charge in [-0.05, 0) is 6.42 Å². The third-order valence-electron chi connectivity index (χ3n) is 3.71. The molecule has 0 rings (SSSR count). The first-order chi connectivity index (χ1) is 9.31. The number of unbranched alkanes of at least 4 members (excludes halogenated alkanes) is 12. The summed E-state index contributed by atoms with van der Waals surface area (Å²) in [5.41, 5.74) is 0. The molecule has 0 saturated carbocycles. The fourth-order valence-corrected chi connectivity index (χ4v) is 2.39. The zero-order chi connectivity index (χ0) is 14.2. The number of rotatable bonds is 14. The van der Waals surface area contributed by atoms with Crippen molar-refractivity contribution >= 4 is 5.97 Å². The van der Waals surface area contributed by atoms with Gasteiger partial charge in [-0.1, -0.05) is 84.0 Å². The number of methoxy groups -OCH3 is 1. The zero-order valence-corrected chi connectivity index (χ0v) is 14.5. The summed E-state index contributed by atoms with van der Waals surface area (Å²) >= 11 is 0. The molecule has 0 N–H and O–H groups in total. The van der Waals surface area contributed by atoms with Crippen molar-refractivity contribution in [3.05, 3.63) is 0 Å². The summed E-state index contributed by atoms with van der Waals surface area (Å²) in [6.45, 7) is 2.27. The Morgan fingerprint density at radius 2 is 1.05 bits per heavy atom. The van der Waals surface area contributed by atoms with Crippen molar-refractivity contribution in [2.45, 2.75) is 96.8 Å². The Bertz CT molecular complexity index is 195. The summed E-state index contributed by atoms with van der Waals surface area (Å²) < 4.78 is 4.62. The molecule has 0 aliphatic heterocycles.